The van der Waals surface area contributed by atoms with Gasteiger partial charge in [0.05, 0.1) is 0 Å². The quantitative estimate of drug-likeness (QED) is 0.786. The summed E-state index contributed by atoms with van der Waals surface area (Å²) in [4.78, 5) is 11.8. The smallest absolute Gasteiger partial charge is 0.407 e. The summed E-state index contributed by atoms with van der Waals surface area (Å²) in [6.45, 7) is 12.0. The number of hydrogen-bond acceptors (Lipinski definition) is 3. The van der Waals surface area contributed by atoms with Gasteiger partial charge in [0.2, 0.25) is 0 Å². The number of rotatable bonds is 6. The molecule has 124 valence electrons. The van der Waals surface area contributed by atoms with E-state index in [2.05, 4.69) is 24.5 Å². The van der Waals surface area contributed by atoms with Crippen LogP contribution < -0.4 is 10.6 Å². The first-order valence-corrected chi connectivity index (χ1v) is 8.48. The van der Waals surface area contributed by atoms with Gasteiger partial charge in [-0.1, -0.05) is 26.7 Å². The normalized spacial score (nSPS) is 23.1. The van der Waals surface area contributed by atoms with Crippen LogP contribution in [0, 0.1) is 11.8 Å². The van der Waals surface area contributed by atoms with Crippen molar-refractivity contribution < 1.29 is 9.53 Å². The molecule has 0 aromatic heterocycles. The highest BCUT2D eigenvalue weighted by Crippen LogP contribution is 2.24. The molecule has 0 bridgehead atoms. The highest BCUT2D eigenvalue weighted by atomic mass is 16.6. The average molecular weight is 298 g/mol. The summed E-state index contributed by atoms with van der Waals surface area (Å²) in [5.41, 5.74) is -0.425. The van der Waals surface area contributed by atoms with Gasteiger partial charge in [0.1, 0.15) is 5.60 Å². The van der Waals surface area contributed by atoms with E-state index in [0.717, 1.165) is 12.5 Å². The van der Waals surface area contributed by atoms with E-state index in [1.165, 1.54) is 32.1 Å². The molecule has 1 rings (SSSR count). The van der Waals surface area contributed by atoms with Gasteiger partial charge in [-0.2, -0.15) is 0 Å². The van der Waals surface area contributed by atoms with Crippen LogP contribution in [0.4, 0.5) is 4.79 Å². The van der Waals surface area contributed by atoms with E-state index < -0.39 is 5.60 Å². The monoisotopic (exact) mass is 298 g/mol. The second kappa shape index (κ2) is 8.62. The number of carbonyl (C=O) groups is 1. The molecule has 1 aliphatic carbocycles. The number of amides is 1. The Morgan fingerprint density at radius 3 is 2.52 bits per heavy atom. The number of carbonyl (C=O) groups excluding carboxylic acids is 1. The Morgan fingerprint density at radius 2 is 1.90 bits per heavy atom. The highest BCUT2D eigenvalue weighted by Gasteiger charge is 2.25. The number of alkyl carbamates (subject to hydrolysis) is 1. The lowest BCUT2D eigenvalue weighted by atomic mass is 9.84. The standard InChI is InChI=1S/C17H34N2O2/c1-13(2)10-11-18-15-9-7-6-8-14(15)12-19-16(20)21-17(3,4)5/h13-15,18H,6-12H2,1-5H3,(H,19,20). The molecule has 1 fully saturated rings. The predicted molar refractivity (Wildman–Crippen MR) is 87.4 cm³/mol. The molecule has 0 aliphatic heterocycles. The lowest BCUT2D eigenvalue weighted by Gasteiger charge is -2.33. The molecule has 1 aliphatic rings. The number of hydrogen-bond donors (Lipinski definition) is 2. The van der Waals surface area contributed by atoms with E-state index in [0.29, 0.717) is 18.5 Å². The molecule has 0 spiro atoms. The van der Waals surface area contributed by atoms with E-state index in [1.807, 2.05) is 20.8 Å². The van der Waals surface area contributed by atoms with Crippen LogP contribution in [-0.4, -0.2) is 30.8 Å². The van der Waals surface area contributed by atoms with Crippen molar-refractivity contribution in [2.75, 3.05) is 13.1 Å². The summed E-state index contributed by atoms with van der Waals surface area (Å²) in [5.74, 6) is 1.26. The van der Waals surface area contributed by atoms with Gasteiger partial charge in [-0.3, -0.25) is 0 Å². The van der Waals surface area contributed by atoms with E-state index in [-0.39, 0.29) is 6.09 Å². The van der Waals surface area contributed by atoms with Crippen molar-refractivity contribution in [3.05, 3.63) is 0 Å². The van der Waals surface area contributed by atoms with Crippen LogP contribution >= 0.6 is 0 Å². The van der Waals surface area contributed by atoms with E-state index in [1.54, 1.807) is 0 Å². The summed E-state index contributed by atoms with van der Waals surface area (Å²) in [6, 6.07) is 0.535. The van der Waals surface area contributed by atoms with Gasteiger partial charge < -0.3 is 15.4 Å². The van der Waals surface area contributed by atoms with Crippen molar-refractivity contribution in [3.8, 4) is 0 Å². The maximum atomic E-state index is 11.8. The molecule has 1 saturated carbocycles. The largest absolute Gasteiger partial charge is 0.444 e. The molecule has 0 radical (unpaired) electrons. The van der Waals surface area contributed by atoms with Crippen molar-refractivity contribution >= 4 is 6.09 Å². The van der Waals surface area contributed by atoms with Gasteiger partial charge >= 0.3 is 6.09 Å². The fraction of sp³-hybridized carbons (Fsp3) is 0.941. The Hall–Kier alpha value is -0.770. The van der Waals surface area contributed by atoms with Crippen LogP contribution in [0.5, 0.6) is 0 Å². The fourth-order valence-corrected chi connectivity index (χ4v) is 2.81. The van der Waals surface area contributed by atoms with Gasteiger partial charge in [-0.05, 0) is 58.4 Å². The Kier molecular flexibility index (Phi) is 7.50. The third-order valence-electron chi connectivity index (χ3n) is 3.94. The van der Waals surface area contributed by atoms with Crippen LogP contribution in [0.3, 0.4) is 0 Å². The van der Waals surface area contributed by atoms with Crippen molar-refractivity contribution in [3.63, 3.8) is 0 Å². The lowest BCUT2D eigenvalue weighted by molar-refractivity contribution is 0.0510. The molecule has 4 heteroatoms. The van der Waals surface area contributed by atoms with Gasteiger partial charge in [0.15, 0.2) is 0 Å². The molecule has 21 heavy (non-hydrogen) atoms. The van der Waals surface area contributed by atoms with Crippen LogP contribution in [0.2, 0.25) is 0 Å². The molecule has 0 aromatic rings. The van der Waals surface area contributed by atoms with E-state index >= 15 is 0 Å². The topological polar surface area (TPSA) is 50.4 Å². The van der Waals surface area contributed by atoms with Gasteiger partial charge in [-0.15, -0.1) is 0 Å². The summed E-state index contributed by atoms with van der Waals surface area (Å²) in [5, 5.41) is 6.62. The van der Waals surface area contributed by atoms with Gasteiger partial charge in [0, 0.05) is 12.6 Å². The summed E-state index contributed by atoms with van der Waals surface area (Å²) < 4.78 is 5.31. The Morgan fingerprint density at radius 1 is 1.24 bits per heavy atom. The zero-order chi connectivity index (χ0) is 15.9. The second-order valence-corrected chi connectivity index (χ2v) is 7.67. The maximum absolute atomic E-state index is 11.8. The van der Waals surface area contributed by atoms with Crippen LogP contribution in [0.1, 0.15) is 66.7 Å². The van der Waals surface area contributed by atoms with Gasteiger partial charge in [0.25, 0.3) is 0 Å². The first-order valence-electron chi connectivity index (χ1n) is 8.48. The third-order valence-corrected chi connectivity index (χ3v) is 3.94. The van der Waals surface area contributed by atoms with E-state index in [4.69, 9.17) is 4.74 Å². The van der Waals surface area contributed by atoms with E-state index in [9.17, 15) is 4.79 Å². The number of nitrogens with one attached hydrogen (secondary N) is 2. The minimum Gasteiger partial charge on any atom is -0.444 e. The molecule has 0 saturated heterocycles. The molecule has 2 atom stereocenters. The van der Waals surface area contributed by atoms with Crippen LogP contribution in [0.25, 0.3) is 0 Å². The first-order chi connectivity index (χ1) is 9.78. The van der Waals surface area contributed by atoms with Crippen molar-refractivity contribution in [2.24, 2.45) is 11.8 Å². The third kappa shape index (κ3) is 8.30. The summed E-state index contributed by atoms with van der Waals surface area (Å²) in [7, 11) is 0. The van der Waals surface area contributed by atoms with Crippen molar-refractivity contribution in [1.29, 1.82) is 0 Å². The lowest BCUT2D eigenvalue weighted by Crippen LogP contribution is -2.45. The highest BCUT2D eigenvalue weighted by molar-refractivity contribution is 5.67. The molecule has 0 aromatic carbocycles. The van der Waals surface area contributed by atoms with Gasteiger partial charge in [-0.25, -0.2) is 4.79 Å². The molecule has 2 N–H and O–H groups in total. The first kappa shape index (κ1) is 18.3. The zero-order valence-corrected chi connectivity index (χ0v) is 14.5. The molecule has 0 heterocycles. The molecule has 2 unspecified atom stereocenters. The minimum absolute atomic E-state index is 0.297. The fourth-order valence-electron chi connectivity index (χ4n) is 2.81. The minimum atomic E-state index is -0.425. The average Bonchev–Trinajstić information content (AvgIpc) is 2.35. The molecule has 1 amide bonds. The Labute approximate surface area is 130 Å². The second-order valence-electron chi connectivity index (χ2n) is 7.67. The molecule has 4 nitrogen and oxygen atoms in total. The zero-order valence-electron chi connectivity index (χ0n) is 14.5. The van der Waals surface area contributed by atoms with Crippen LogP contribution in [-0.2, 0) is 4.74 Å². The van der Waals surface area contributed by atoms with Crippen molar-refractivity contribution in [2.45, 2.75) is 78.4 Å². The summed E-state index contributed by atoms with van der Waals surface area (Å²) in [6.07, 6.45) is 5.89. The Bertz CT molecular complexity index is 310. The van der Waals surface area contributed by atoms with Crippen LogP contribution in [0.15, 0.2) is 0 Å². The van der Waals surface area contributed by atoms with Crippen molar-refractivity contribution in [1.82, 2.24) is 10.6 Å². The predicted octanol–water partition coefficient (Wildman–Crippen LogP) is 3.71. The SMILES string of the molecule is CC(C)CCNC1CCCCC1CNC(=O)OC(C)(C)C. The summed E-state index contributed by atoms with van der Waals surface area (Å²) >= 11 is 0. The molecular weight excluding hydrogens is 264 g/mol. The maximum Gasteiger partial charge on any atom is 0.407 e. The molecular formula is C17H34N2O2. The Balaban J connectivity index is 2.34. The number of ether oxygens (including phenoxy) is 1.